The third-order valence-electron chi connectivity index (χ3n) is 12.4. The highest BCUT2D eigenvalue weighted by molar-refractivity contribution is 6.10. The van der Waals surface area contributed by atoms with Crippen LogP contribution in [0.3, 0.4) is 0 Å². The Hall–Kier alpha value is -6.12. The van der Waals surface area contributed by atoms with Crippen LogP contribution < -0.4 is 4.90 Å². The van der Waals surface area contributed by atoms with Gasteiger partial charge in [-0.15, -0.1) is 0 Å². The lowest BCUT2D eigenvalue weighted by molar-refractivity contribution is 0.467. The molecule has 2 heteroatoms. The topological polar surface area (TPSA) is 8.17 Å². The molecule has 0 spiro atoms. The van der Waals surface area contributed by atoms with E-state index >= 15 is 0 Å². The van der Waals surface area contributed by atoms with Gasteiger partial charge >= 0.3 is 0 Å². The molecule has 262 valence electrons. The van der Waals surface area contributed by atoms with Gasteiger partial charge < -0.3 is 9.47 Å². The van der Waals surface area contributed by atoms with Crippen LogP contribution in [0, 0.1) is 0 Å². The Balaban J connectivity index is 1.06. The summed E-state index contributed by atoms with van der Waals surface area (Å²) >= 11 is 0. The van der Waals surface area contributed by atoms with Crippen molar-refractivity contribution in [2.75, 3.05) is 4.90 Å². The molecule has 2 atom stereocenters. The molecule has 0 radical (unpaired) electrons. The van der Waals surface area contributed by atoms with Crippen molar-refractivity contribution >= 4 is 33.2 Å². The number of nitrogens with zero attached hydrogens (tertiary/aromatic N) is 2. The van der Waals surface area contributed by atoms with Crippen LogP contribution in [0.5, 0.6) is 0 Å². The zero-order chi connectivity index (χ0) is 36.4. The van der Waals surface area contributed by atoms with Gasteiger partial charge in [-0.05, 0) is 106 Å². The first-order valence-electron chi connectivity index (χ1n) is 19.4. The standard InChI is InChI=1S/C52H44N2/c1-51(2)47-20-12-10-18-43(47)45-35-42(27-28-48(45)51)53(41-30-32-52(3,33-31-41)38-14-6-4-7-15-38)40-25-22-36(23-26-40)37-24-29-50-46(34-37)44-19-11-13-21-49(44)54(50)39-16-8-5-9-17-39/h4-30,32,34-35,41H,31,33H2,1-3H3. The van der Waals surface area contributed by atoms with Crippen molar-refractivity contribution in [2.24, 2.45) is 0 Å². The molecule has 2 nitrogen and oxygen atoms in total. The molecule has 0 saturated carbocycles. The normalized spacial score (nSPS) is 18.5. The maximum absolute atomic E-state index is 2.58. The number of hydrogen-bond donors (Lipinski definition) is 0. The summed E-state index contributed by atoms with van der Waals surface area (Å²) in [5.74, 6) is 0. The number of para-hydroxylation sites is 2. The molecule has 1 heterocycles. The summed E-state index contributed by atoms with van der Waals surface area (Å²) in [5, 5.41) is 2.54. The summed E-state index contributed by atoms with van der Waals surface area (Å²) in [6.45, 7) is 7.11. The van der Waals surface area contributed by atoms with Gasteiger partial charge in [0.05, 0.1) is 17.1 Å². The molecular formula is C52H44N2. The monoisotopic (exact) mass is 696 g/mol. The summed E-state index contributed by atoms with van der Waals surface area (Å²) < 4.78 is 2.38. The molecule has 0 fully saturated rings. The van der Waals surface area contributed by atoms with Crippen molar-refractivity contribution in [3.05, 3.63) is 199 Å². The molecule has 0 aliphatic heterocycles. The molecule has 2 unspecified atom stereocenters. The first-order chi connectivity index (χ1) is 26.4. The highest BCUT2D eigenvalue weighted by Crippen LogP contribution is 2.50. The highest BCUT2D eigenvalue weighted by atomic mass is 15.2. The van der Waals surface area contributed by atoms with Gasteiger partial charge in [-0.1, -0.05) is 148 Å². The van der Waals surface area contributed by atoms with Gasteiger partial charge in [0.1, 0.15) is 0 Å². The third-order valence-corrected chi connectivity index (χ3v) is 12.4. The zero-order valence-corrected chi connectivity index (χ0v) is 31.2. The van der Waals surface area contributed by atoms with Gasteiger partial charge in [0.2, 0.25) is 0 Å². The average Bonchev–Trinajstić information content (AvgIpc) is 3.67. The van der Waals surface area contributed by atoms with Crippen LogP contribution in [0.2, 0.25) is 0 Å². The van der Waals surface area contributed by atoms with E-state index in [1.54, 1.807) is 0 Å². The maximum atomic E-state index is 2.58. The molecule has 10 rings (SSSR count). The third kappa shape index (κ3) is 5.16. The van der Waals surface area contributed by atoms with E-state index < -0.39 is 0 Å². The highest BCUT2D eigenvalue weighted by Gasteiger charge is 2.36. The van der Waals surface area contributed by atoms with Crippen molar-refractivity contribution in [3.63, 3.8) is 0 Å². The smallest absolute Gasteiger partial charge is 0.0541 e. The van der Waals surface area contributed by atoms with E-state index in [1.807, 2.05) is 0 Å². The van der Waals surface area contributed by atoms with Crippen LogP contribution >= 0.6 is 0 Å². The van der Waals surface area contributed by atoms with E-state index in [2.05, 4.69) is 212 Å². The molecule has 1 aromatic heterocycles. The fraction of sp³-hybridized carbons (Fsp3) is 0.154. The summed E-state index contributed by atoms with van der Waals surface area (Å²) in [4.78, 5) is 2.58. The van der Waals surface area contributed by atoms with Gasteiger partial charge in [-0.25, -0.2) is 0 Å². The van der Waals surface area contributed by atoms with E-state index in [0.29, 0.717) is 0 Å². The minimum absolute atomic E-state index is 0.0202. The number of rotatable bonds is 6. The van der Waals surface area contributed by atoms with Gasteiger partial charge in [0, 0.05) is 38.7 Å². The first kappa shape index (κ1) is 32.5. The average molecular weight is 697 g/mol. The molecule has 0 N–H and O–H groups in total. The van der Waals surface area contributed by atoms with Crippen molar-refractivity contribution in [2.45, 2.75) is 50.5 Å². The fourth-order valence-electron chi connectivity index (χ4n) is 9.44. The van der Waals surface area contributed by atoms with E-state index in [4.69, 9.17) is 0 Å². The van der Waals surface area contributed by atoms with Crippen LogP contribution in [-0.4, -0.2) is 10.6 Å². The van der Waals surface area contributed by atoms with Crippen LogP contribution in [0.15, 0.2) is 182 Å². The Labute approximate surface area is 318 Å². The van der Waals surface area contributed by atoms with Crippen molar-refractivity contribution in [3.8, 4) is 27.9 Å². The lowest BCUT2D eigenvalue weighted by atomic mass is 9.74. The fourth-order valence-corrected chi connectivity index (χ4v) is 9.44. The Morgan fingerprint density at radius 1 is 0.537 bits per heavy atom. The number of benzene rings is 7. The lowest BCUT2D eigenvalue weighted by Crippen LogP contribution is -2.35. The van der Waals surface area contributed by atoms with E-state index in [0.717, 1.165) is 12.8 Å². The maximum Gasteiger partial charge on any atom is 0.0541 e. The number of fused-ring (bicyclic) bond motifs is 6. The first-order valence-corrected chi connectivity index (χ1v) is 19.4. The minimum atomic E-state index is -0.0202. The summed E-state index contributed by atoms with van der Waals surface area (Å²) in [5.41, 5.74) is 15.4. The van der Waals surface area contributed by atoms with Gasteiger partial charge in [-0.2, -0.15) is 0 Å². The quantitative estimate of drug-likeness (QED) is 0.157. The SMILES string of the molecule is CC1(c2ccccc2)C=CC(N(c2ccc(-c3ccc4c(c3)c3ccccc3n4-c3ccccc3)cc2)c2ccc3c(c2)-c2ccccc2C3(C)C)CC1. The molecule has 2 aliphatic carbocycles. The van der Waals surface area contributed by atoms with Gasteiger partial charge in [0.15, 0.2) is 0 Å². The number of allylic oxidation sites excluding steroid dienone is 1. The molecule has 2 aliphatic rings. The number of aromatic nitrogens is 1. The van der Waals surface area contributed by atoms with Crippen molar-refractivity contribution < 1.29 is 0 Å². The second kappa shape index (κ2) is 12.5. The van der Waals surface area contributed by atoms with Crippen LogP contribution in [-0.2, 0) is 10.8 Å². The number of hydrogen-bond acceptors (Lipinski definition) is 1. The Bertz CT molecular complexity index is 2700. The number of anilines is 2. The predicted octanol–water partition coefficient (Wildman–Crippen LogP) is 13.6. The zero-order valence-electron chi connectivity index (χ0n) is 31.2. The Kier molecular flexibility index (Phi) is 7.52. The predicted molar refractivity (Wildman–Crippen MR) is 228 cm³/mol. The molecular weight excluding hydrogens is 653 g/mol. The van der Waals surface area contributed by atoms with Crippen LogP contribution in [0.1, 0.15) is 50.3 Å². The largest absolute Gasteiger partial charge is 0.335 e. The second-order valence-corrected chi connectivity index (χ2v) is 16.0. The van der Waals surface area contributed by atoms with E-state index in [-0.39, 0.29) is 16.9 Å². The van der Waals surface area contributed by atoms with E-state index in [9.17, 15) is 0 Å². The molecule has 0 saturated heterocycles. The van der Waals surface area contributed by atoms with Crippen molar-refractivity contribution in [1.29, 1.82) is 0 Å². The molecule has 7 aromatic carbocycles. The van der Waals surface area contributed by atoms with E-state index in [1.165, 1.54) is 77.8 Å². The summed E-state index contributed by atoms with van der Waals surface area (Å²) in [6, 6.07) is 63.0. The van der Waals surface area contributed by atoms with Gasteiger partial charge in [0.25, 0.3) is 0 Å². The van der Waals surface area contributed by atoms with Crippen LogP contribution in [0.4, 0.5) is 11.4 Å². The molecule has 54 heavy (non-hydrogen) atoms. The summed E-state index contributed by atoms with van der Waals surface area (Å²) in [7, 11) is 0. The Morgan fingerprint density at radius 2 is 1.19 bits per heavy atom. The van der Waals surface area contributed by atoms with Crippen LogP contribution in [0.25, 0.3) is 49.7 Å². The summed E-state index contributed by atoms with van der Waals surface area (Å²) in [6.07, 6.45) is 7.08. The minimum Gasteiger partial charge on any atom is -0.335 e. The lowest BCUT2D eigenvalue weighted by Gasteiger charge is -2.39. The van der Waals surface area contributed by atoms with Gasteiger partial charge in [-0.3, -0.25) is 0 Å². The Morgan fingerprint density at radius 3 is 1.96 bits per heavy atom. The second-order valence-electron chi connectivity index (χ2n) is 16.0. The van der Waals surface area contributed by atoms with Crippen molar-refractivity contribution in [1.82, 2.24) is 4.57 Å². The molecule has 0 amide bonds. The molecule has 8 aromatic rings. The molecule has 0 bridgehead atoms.